The first kappa shape index (κ1) is 15.7. The molecule has 1 aromatic carbocycles. The van der Waals surface area contributed by atoms with E-state index in [2.05, 4.69) is 10.4 Å². The van der Waals surface area contributed by atoms with E-state index in [1.165, 1.54) is 17.3 Å². The third-order valence-electron chi connectivity index (χ3n) is 3.09. The largest absolute Gasteiger partial charge is 0.375 e. The summed E-state index contributed by atoms with van der Waals surface area (Å²) in [6, 6.07) is 4.51. The summed E-state index contributed by atoms with van der Waals surface area (Å²) < 4.78 is 0. The third-order valence-corrected chi connectivity index (χ3v) is 3.29. The molecule has 1 amide bonds. The van der Waals surface area contributed by atoms with Crippen LogP contribution in [0.5, 0.6) is 0 Å². The van der Waals surface area contributed by atoms with Gasteiger partial charge < -0.3 is 10.7 Å². The molecule has 0 aliphatic rings. The molecule has 2 aromatic rings. The Morgan fingerprint density at radius 3 is 2.73 bits per heavy atom. The minimum atomic E-state index is -0.504. The molecule has 1 heterocycles. The van der Waals surface area contributed by atoms with Crippen LogP contribution < -0.4 is 11.2 Å². The highest BCUT2D eigenvalue weighted by Gasteiger charge is 2.18. The molecule has 9 heteroatoms. The van der Waals surface area contributed by atoms with E-state index in [0.29, 0.717) is 10.9 Å². The van der Waals surface area contributed by atoms with Gasteiger partial charge >= 0.3 is 0 Å². The Morgan fingerprint density at radius 2 is 2.18 bits per heavy atom. The molecular formula is C13H15N5O3S. The monoisotopic (exact) mass is 321 g/mol. The number of nitrogens with zero attached hydrogens (tertiary/aromatic N) is 2. The van der Waals surface area contributed by atoms with E-state index >= 15 is 0 Å². The van der Waals surface area contributed by atoms with Crippen LogP contribution in [0.1, 0.15) is 24.2 Å². The lowest BCUT2D eigenvalue weighted by atomic mass is 10.1. The fourth-order valence-corrected chi connectivity index (χ4v) is 2.27. The summed E-state index contributed by atoms with van der Waals surface area (Å²) in [6.45, 7) is 3.64. The standard InChI is InChI=1S/C13H15N5O3S/c1-7(2)17(13(14)22)16-12(19)8-3-4-10-9(5-8)11(6-15-10)18(20)21/h3-7,15H,1-2H3,(H2,14,22)(H,16,19). The van der Waals surface area contributed by atoms with Crippen LogP contribution in [0.25, 0.3) is 10.9 Å². The van der Waals surface area contributed by atoms with Gasteiger partial charge in [-0.15, -0.1) is 0 Å². The molecule has 0 fully saturated rings. The Morgan fingerprint density at radius 1 is 1.50 bits per heavy atom. The number of nitro groups is 1. The normalized spacial score (nSPS) is 10.7. The van der Waals surface area contributed by atoms with Gasteiger partial charge in [0.15, 0.2) is 5.11 Å². The summed E-state index contributed by atoms with van der Waals surface area (Å²) >= 11 is 4.87. The van der Waals surface area contributed by atoms with Gasteiger partial charge in [0.05, 0.1) is 22.0 Å². The third kappa shape index (κ3) is 2.98. The van der Waals surface area contributed by atoms with E-state index in [0.717, 1.165) is 0 Å². The maximum atomic E-state index is 12.3. The molecule has 0 aliphatic carbocycles. The lowest BCUT2D eigenvalue weighted by Gasteiger charge is -2.27. The van der Waals surface area contributed by atoms with E-state index < -0.39 is 10.8 Å². The van der Waals surface area contributed by atoms with Gasteiger partial charge in [-0.1, -0.05) is 0 Å². The average Bonchev–Trinajstić information content (AvgIpc) is 2.86. The number of aromatic nitrogens is 1. The van der Waals surface area contributed by atoms with E-state index in [1.54, 1.807) is 12.1 Å². The van der Waals surface area contributed by atoms with Crippen LogP contribution in [0.15, 0.2) is 24.4 Å². The maximum Gasteiger partial charge on any atom is 0.294 e. The molecule has 22 heavy (non-hydrogen) atoms. The lowest BCUT2D eigenvalue weighted by Crippen LogP contribution is -2.52. The average molecular weight is 321 g/mol. The summed E-state index contributed by atoms with van der Waals surface area (Å²) in [5.41, 5.74) is 8.91. The van der Waals surface area contributed by atoms with Gasteiger partial charge in [-0.3, -0.25) is 25.3 Å². The molecule has 0 saturated heterocycles. The number of rotatable bonds is 3. The van der Waals surface area contributed by atoms with Gasteiger partial charge in [0, 0.05) is 11.6 Å². The number of thiocarbonyl (C=S) groups is 1. The predicted octanol–water partition coefficient (Wildman–Crippen LogP) is 1.67. The second-order valence-corrected chi connectivity index (χ2v) is 5.35. The van der Waals surface area contributed by atoms with Crippen LogP contribution in [-0.4, -0.2) is 32.0 Å². The highest BCUT2D eigenvalue weighted by atomic mass is 32.1. The molecule has 2 rings (SSSR count). The number of hydrazine groups is 1. The summed E-state index contributed by atoms with van der Waals surface area (Å²) in [5, 5.41) is 12.7. The molecule has 116 valence electrons. The molecule has 0 atom stereocenters. The summed E-state index contributed by atoms with van der Waals surface area (Å²) in [7, 11) is 0. The van der Waals surface area contributed by atoms with Gasteiger partial charge in [-0.25, -0.2) is 0 Å². The highest BCUT2D eigenvalue weighted by Crippen LogP contribution is 2.26. The van der Waals surface area contributed by atoms with Crippen molar-refractivity contribution in [2.75, 3.05) is 0 Å². The van der Waals surface area contributed by atoms with Gasteiger partial charge in [-0.05, 0) is 44.3 Å². The van der Waals surface area contributed by atoms with Crippen molar-refractivity contribution in [1.29, 1.82) is 0 Å². The lowest BCUT2D eigenvalue weighted by molar-refractivity contribution is -0.383. The summed E-state index contributed by atoms with van der Waals surface area (Å²) in [4.78, 5) is 25.5. The Bertz CT molecular complexity index is 755. The van der Waals surface area contributed by atoms with Gasteiger partial charge in [0.1, 0.15) is 0 Å². The van der Waals surface area contributed by atoms with Gasteiger partial charge in [0.25, 0.3) is 11.6 Å². The van der Waals surface area contributed by atoms with Gasteiger partial charge in [0.2, 0.25) is 0 Å². The number of nitrogens with one attached hydrogen (secondary N) is 2. The number of aromatic amines is 1. The van der Waals surface area contributed by atoms with E-state index in [4.69, 9.17) is 18.0 Å². The van der Waals surface area contributed by atoms with E-state index in [-0.39, 0.29) is 22.4 Å². The van der Waals surface area contributed by atoms with E-state index in [9.17, 15) is 14.9 Å². The smallest absolute Gasteiger partial charge is 0.294 e. The Balaban J connectivity index is 2.34. The number of benzene rings is 1. The second-order valence-electron chi connectivity index (χ2n) is 4.93. The first-order valence-corrected chi connectivity index (χ1v) is 6.87. The van der Waals surface area contributed by atoms with E-state index in [1.807, 2.05) is 13.8 Å². The van der Waals surface area contributed by atoms with Crippen molar-refractivity contribution in [3.63, 3.8) is 0 Å². The predicted molar refractivity (Wildman–Crippen MR) is 86.2 cm³/mol. The zero-order valence-electron chi connectivity index (χ0n) is 12.0. The van der Waals surface area contributed by atoms with Crippen molar-refractivity contribution in [3.05, 3.63) is 40.1 Å². The van der Waals surface area contributed by atoms with Crippen molar-refractivity contribution in [3.8, 4) is 0 Å². The number of carbonyl (C=O) groups excluding carboxylic acids is 1. The molecule has 0 aliphatic heterocycles. The zero-order valence-corrected chi connectivity index (χ0v) is 12.8. The first-order valence-electron chi connectivity index (χ1n) is 6.46. The van der Waals surface area contributed by atoms with Crippen molar-refractivity contribution in [1.82, 2.24) is 15.4 Å². The number of nitrogens with two attached hydrogens (primary N) is 1. The van der Waals surface area contributed by atoms with Crippen LogP contribution >= 0.6 is 12.2 Å². The van der Waals surface area contributed by atoms with Crippen molar-refractivity contribution in [2.45, 2.75) is 19.9 Å². The first-order chi connectivity index (χ1) is 10.3. The number of hydrogen-bond donors (Lipinski definition) is 3. The van der Waals surface area contributed by atoms with Crippen LogP contribution in [0.4, 0.5) is 5.69 Å². The molecule has 0 radical (unpaired) electrons. The zero-order chi connectivity index (χ0) is 16.4. The number of H-pyrrole nitrogens is 1. The Hall–Kier alpha value is -2.68. The molecule has 0 bridgehead atoms. The van der Waals surface area contributed by atoms with Crippen LogP contribution in [0, 0.1) is 10.1 Å². The van der Waals surface area contributed by atoms with Crippen LogP contribution in [0.2, 0.25) is 0 Å². The Kier molecular flexibility index (Phi) is 4.27. The molecule has 0 spiro atoms. The molecule has 4 N–H and O–H groups in total. The van der Waals surface area contributed by atoms with Crippen molar-refractivity contribution < 1.29 is 9.72 Å². The SMILES string of the molecule is CC(C)N(NC(=O)c1ccc2[nH]cc([N+](=O)[O-])c2c1)C(N)=S. The summed E-state index contributed by atoms with van der Waals surface area (Å²) in [5.74, 6) is -0.445. The molecular weight excluding hydrogens is 306 g/mol. The number of amides is 1. The summed E-state index contributed by atoms with van der Waals surface area (Å²) in [6.07, 6.45) is 1.29. The van der Waals surface area contributed by atoms with Crippen LogP contribution in [0.3, 0.4) is 0 Å². The number of hydrogen-bond acceptors (Lipinski definition) is 4. The number of fused-ring (bicyclic) bond motifs is 1. The van der Waals surface area contributed by atoms with Gasteiger partial charge in [-0.2, -0.15) is 0 Å². The Labute approximate surface area is 131 Å². The fraction of sp³-hybridized carbons (Fsp3) is 0.231. The quantitative estimate of drug-likeness (QED) is 0.450. The minimum Gasteiger partial charge on any atom is -0.375 e. The van der Waals surface area contributed by atoms with Crippen molar-refractivity contribution in [2.24, 2.45) is 5.73 Å². The second kappa shape index (κ2) is 5.98. The molecule has 1 aromatic heterocycles. The molecule has 0 unspecified atom stereocenters. The molecule has 0 saturated carbocycles. The highest BCUT2D eigenvalue weighted by molar-refractivity contribution is 7.80. The molecule has 8 nitrogen and oxygen atoms in total. The van der Waals surface area contributed by atoms with Crippen molar-refractivity contribution >= 4 is 39.8 Å². The fourth-order valence-electron chi connectivity index (χ4n) is 2.01. The maximum absolute atomic E-state index is 12.3. The van der Waals surface area contributed by atoms with Crippen LogP contribution in [-0.2, 0) is 0 Å². The topological polar surface area (TPSA) is 117 Å². The minimum absolute atomic E-state index is 0.0389. The number of carbonyl (C=O) groups is 1.